The quantitative estimate of drug-likeness (QED) is 0.787. The highest BCUT2D eigenvalue weighted by Gasteiger charge is 2.31. The summed E-state index contributed by atoms with van der Waals surface area (Å²) in [6.07, 6.45) is 2.40. The topological polar surface area (TPSA) is 15.3 Å². The molecule has 2 heterocycles. The van der Waals surface area contributed by atoms with Crippen molar-refractivity contribution in [3.8, 4) is 0 Å². The minimum Gasteiger partial charge on any atom is -0.381 e. The Morgan fingerprint density at radius 1 is 1.47 bits per heavy atom. The molecule has 0 saturated carbocycles. The molecule has 2 aliphatic rings. The first-order valence-electron chi connectivity index (χ1n) is 6.14. The van der Waals surface area contributed by atoms with Crippen LogP contribution in [0.2, 0.25) is 0 Å². The molecule has 0 amide bonds. The highest BCUT2D eigenvalue weighted by atomic mass is 79.9. The molecule has 0 bridgehead atoms. The maximum absolute atomic E-state index is 13.6. The van der Waals surface area contributed by atoms with E-state index in [1.54, 1.807) is 6.07 Å². The van der Waals surface area contributed by atoms with Crippen LogP contribution in [0.3, 0.4) is 0 Å². The Morgan fingerprint density at radius 2 is 2.29 bits per heavy atom. The van der Waals surface area contributed by atoms with Crippen molar-refractivity contribution in [2.24, 2.45) is 5.92 Å². The van der Waals surface area contributed by atoms with Crippen molar-refractivity contribution in [2.45, 2.75) is 25.8 Å². The van der Waals surface area contributed by atoms with Crippen LogP contribution in [0.4, 0.5) is 15.8 Å². The lowest BCUT2D eigenvalue weighted by Gasteiger charge is -2.44. The van der Waals surface area contributed by atoms with E-state index in [-0.39, 0.29) is 5.82 Å². The van der Waals surface area contributed by atoms with Gasteiger partial charge in [-0.15, -0.1) is 0 Å². The molecule has 1 fully saturated rings. The highest BCUT2D eigenvalue weighted by Crippen LogP contribution is 2.39. The molecule has 1 N–H and O–H groups in total. The number of hydrogen-bond donors (Lipinski definition) is 1. The van der Waals surface area contributed by atoms with E-state index in [1.807, 2.05) is 6.07 Å². The zero-order chi connectivity index (χ0) is 12.0. The maximum Gasteiger partial charge on any atom is 0.139 e. The van der Waals surface area contributed by atoms with E-state index in [1.165, 1.54) is 12.8 Å². The van der Waals surface area contributed by atoms with Crippen molar-refractivity contribution in [1.82, 2.24) is 0 Å². The number of nitrogens with one attached hydrogen (secondary N) is 1. The average Bonchev–Trinajstić information content (AvgIpc) is 2.30. The second kappa shape index (κ2) is 4.16. The molecular weight excluding hydrogens is 283 g/mol. The Kier molecular flexibility index (Phi) is 2.77. The summed E-state index contributed by atoms with van der Waals surface area (Å²) in [7, 11) is 0. The van der Waals surface area contributed by atoms with Crippen molar-refractivity contribution in [1.29, 1.82) is 0 Å². The molecular formula is C13H16BrFN2. The third-order valence-electron chi connectivity index (χ3n) is 3.85. The second-order valence-electron chi connectivity index (χ2n) is 5.14. The first-order valence-corrected chi connectivity index (χ1v) is 6.94. The van der Waals surface area contributed by atoms with E-state index >= 15 is 0 Å². The van der Waals surface area contributed by atoms with E-state index in [4.69, 9.17) is 0 Å². The molecule has 2 atom stereocenters. The Morgan fingerprint density at radius 3 is 3.12 bits per heavy atom. The lowest BCUT2D eigenvalue weighted by Crippen LogP contribution is -2.48. The summed E-state index contributed by atoms with van der Waals surface area (Å²) in [5, 5.41) is 3.41. The molecule has 3 rings (SSSR count). The minimum absolute atomic E-state index is 0.176. The maximum atomic E-state index is 13.6. The number of rotatable bonds is 0. The van der Waals surface area contributed by atoms with E-state index in [9.17, 15) is 4.39 Å². The van der Waals surface area contributed by atoms with Gasteiger partial charge in [0.2, 0.25) is 0 Å². The van der Waals surface area contributed by atoms with E-state index < -0.39 is 0 Å². The van der Waals surface area contributed by atoms with Gasteiger partial charge in [0.15, 0.2) is 0 Å². The summed E-state index contributed by atoms with van der Waals surface area (Å²) in [5.74, 6) is 0.602. The number of halogens is 2. The second-order valence-corrected chi connectivity index (χ2v) is 6.00. The van der Waals surface area contributed by atoms with Crippen LogP contribution in [0.25, 0.3) is 0 Å². The number of piperidine rings is 1. The standard InChI is InChI=1S/C13H16BrFN2/c1-8-2-3-17-9(4-8)7-16-12-5-10(14)11(15)6-13(12)17/h5-6,8-9,16H,2-4,7H2,1H3. The fraction of sp³-hybridized carbons (Fsp3) is 0.538. The molecule has 1 saturated heterocycles. The molecule has 0 aliphatic carbocycles. The van der Waals surface area contributed by atoms with Crippen LogP contribution in [-0.2, 0) is 0 Å². The van der Waals surface area contributed by atoms with Gasteiger partial charge in [0.1, 0.15) is 5.82 Å². The molecule has 4 heteroatoms. The van der Waals surface area contributed by atoms with E-state index in [2.05, 4.69) is 33.1 Å². The van der Waals surface area contributed by atoms with Gasteiger partial charge in [-0.1, -0.05) is 6.92 Å². The molecule has 92 valence electrons. The smallest absolute Gasteiger partial charge is 0.139 e. The van der Waals surface area contributed by atoms with Crippen LogP contribution in [0.5, 0.6) is 0 Å². The zero-order valence-corrected chi connectivity index (χ0v) is 11.4. The predicted octanol–water partition coefficient (Wildman–Crippen LogP) is 3.62. The van der Waals surface area contributed by atoms with Crippen molar-refractivity contribution in [3.05, 3.63) is 22.4 Å². The number of hydrogen-bond acceptors (Lipinski definition) is 2. The number of fused-ring (bicyclic) bond motifs is 3. The molecule has 1 aromatic carbocycles. The van der Waals surface area contributed by atoms with Gasteiger partial charge in [0.05, 0.1) is 15.8 Å². The SMILES string of the molecule is CC1CCN2c3cc(F)c(Br)cc3NCC2C1. The Balaban J connectivity index is 1.98. The Bertz CT molecular complexity index is 449. The van der Waals surface area contributed by atoms with Crippen molar-refractivity contribution in [2.75, 3.05) is 23.3 Å². The van der Waals surface area contributed by atoms with Crippen LogP contribution in [0, 0.1) is 11.7 Å². The Labute approximate surface area is 109 Å². The monoisotopic (exact) mass is 298 g/mol. The molecule has 2 unspecified atom stereocenters. The average molecular weight is 299 g/mol. The highest BCUT2D eigenvalue weighted by molar-refractivity contribution is 9.10. The molecule has 0 aromatic heterocycles. The van der Waals surface area contributed by atoms with Crippen LogP contribution in [-0.4, -0.2) is 19.1 Å². The van der Waals surface area contributed by atoms with E-state index in [0.717, 1.165) is 30.4 Å². The molecule has 2 aliphatic heterocycles. The fourth-order valence-electron chi connectivity index (χ4n) is 2.91. The minimum atomic E-state index is -0.176. The number of anilines is 2. The van der Waals surface area contributed by atoms with Crippen LogP contribution in [0.1, 0.15) is 19.8 Å². The van der Waals surface area contributed by atoms with Gasteiger partial charge in [-0.05, 0) is 40.8 Å². The molecule has 0 radical (unpaired) electrons. The summed E-state index contributed by atoms with van der Waals surface area (Å²) in [6, 6.07) is 4.01. The largest absolute Gasteiger partial charge is 0.381 e. The Hall–Kier alpha value is -0.770. The van der Waals surface area contributed by atoms with Gasteiger partial charge in [-0.2, -0.15) is 0 Å². The lowest BCUT2D eigenvalue weighted by atomic mass is 9.90. The molecule has 17 heavy (non-hydrogen) atoms. The lowest BCUT2D eigenvalue weighted by molar-refractivity contribution is 0.367. The van der Waals surface area contributed by atoms with E-state index in [0.29, 0.717) is 10.5 Å². The normalized spacial score (nSPS) is 27.1. The third kappa shape index (κ3) is 1.92. The van der Waals surface area contributed by atoms with Gasteiger partial charge in [-0.25, -0.2) is 4.39 Å². The van der Waals surface area contributed by atoms with Crippen LogP contribution >= 0.6 is 15.9 Å². The van der Waals surface area contributed by atoms with Gasteiger partial charge in [0, 0.05) is 25.2 Å². The molecule has 1 aromatic rings. The summed E-state index contributed by atoms with van der Waals surface area (Å²) in [5.41, 5.74) is 2.07. The first-order chi connectivity index (χ1) is 8.15. The summed E-state index contributed by atoms with van der Waals surface area (Å²) >= 11 is 3.24. The first kappa shape index (κ1) is 11.3. The van der Waals surface area contributed by atoms with Crippen molar-refractivity contribution >= 4 is 27.3 Å². The van der Waals surface area contributed by atoms with Crippen molar-refractivity contribution < 1.29 is 4.39 Å². The molecule has 0 spiro atoms. The predicted molar refractivity (Wildman–Crippen MR) is 72.1 cm³/mol. The van der Waals surface area contributed by atoms with Gasteiger partial charge < -0.3 is 10.2 Å². The fourth-order valence-corrected chi connectivity index (χ4v) is 3.25. The number of nitrogens with zero attached hydrogens (tertiary/aromatic N) is 1. The molecule has 2 nitrogen and oxygen atoms in total. The van der Waals surface area contributed by atoms with Crippen LogP contribution in [0.15, 0.2) is 16.6 Å². The summed E-state index contributed by atoms with van der Waals surface area (Å²) < 4.78 is 14.2. The van der Waals surface area contributed by atoms with Gasteiger partial charge in [-0.3, -0.25) is 0 Å². The summed E-state index contributed by atoms with van der Waals surface area (Å²) in [4.78, 5) is 2.36. The van der Waals surface area contributed by atoms with Gasteiger partial charge >= 0.3 is 0 Å². The van der Waals surface area contributed by atoms with Crippen molar-refractivity contribution in [3.63, 3.8) is 0 Å². The third-order valence-corrected chi connectivity index (χ3v) is 4.46. The van der Waals surface area contributed by atoms with Crippen LogP contribution < -0.4 is 10.2 Å². The number of benzene rings is 1. The zero-order valence-electron chi connectivity index (χ0n) is 9.84. The summed E-state index contributed by atoms with van der Waals surface area (Å²) in [6.45, 7) is 4.31. The van der Waals surface area contributed by atoms with Gasteiger partial charge in [0.25, 0.3) is 0 Å².